The number of rotatable bonds is 12. The number of carbonyl (C=O) groups is 3. The molecular formula is C26H42N4O6S. The summed E-state index contributed by atoms with van der Waals surface area (Å²) in [5.41, 5.74) is 4.32. The van der Waals surface area contributed by atoms with E-state index in [1.165, 1.54) is 25.1 Å². The van der Waals surface area contributed by atoms with E-state index >= 15 is 0 Å². The predicted octanol–water partition coefficient (Wildman–Crippen LogP) is 3.06. The van der Waals surface area contributed by atoms with Gasteiger partial charge in [0, 0.05) is 11.4 Å². The van der Waals surface area contributed by atoms with E-state index in [9.17, 15) is 22.8 Å². The van der Waals surface area contributed by atoms with Crippen LogP contribution in [0, 0.1) is 11.8 Å². The maximum absolute atomic E-state index is 12.9. The monoisotopic (exact) mass is 538 g/mol. The zero-order chi connectivity index (χ0) is 28.4. The summed E-state index contributed by atoms with van der Waals surface area (Å²) in [6, 6.07) is 5.72. The summed E-state index contributed by atoms with van der Waals surface area (Å²) in [5, 5.41) is 6.55. The van der Waals surface area contributed by atoms with Crippen LogP contribution in [-0.4, -0.2) is 50.1 Å². The van der Waals surface area contributed by atoms with Crippen LogP contribution >= 0.6 is 0 Å². The van der Waals surface area contributed by atoms with E-state index in [0.29, 0.717) is 6.42 Å². The van der Waals surface area contributed by atoms with Crippen LogP contribution in [0.5, 0.6) is 0 Å². The summed E-state index contributed by atoms with van der Waals surface area (Å²) in [5.74, 6) is -1.00. The number of nitrogens with one attached hydrogen (secondary N) is 4. The van der Waals surface area contributed by atoms with Crippen molar-refractivity contribution in [3.05, 3.63) is 41.8 Å². The highest BCUT2D eigenvalue weighted by Crippen LogP contribution is 2.14. The lowest BCUT2D eigenvalue weighted by molar-refractivity contribution is -0.130. The molecule has 0 aromatic heterocycles. The number of benzene rings is 1. The quantitative estimate of drug-likeness (QED) is 0.300. The van der Waals surface area contributed by atoms with Crippen LogP contribution < -0.4 is 21.5 Å². The number of sulfone groups is 1. The minimum Gasteiger partial charge on any atom is -0.443 e. The van der Waals surface area contributed by atoms with Crippen molar-refractivity contribution >= 4 is 27.7 Å². The number of hydrogen-bond acceptors (Lipinski definition) is 7. The maximum Gasteiger partial charge on any atom is 0.422 e. The summed E-state index contributed by atoms with van der Waals surface area (Å²) in [6.45, 7) is 14.2. The molecule has 0 fully saturated rings. The molecule has 208 valence electrons. The first kappa shape index (κ1) is 32.1. The van der Waals surface area contributed by atoms with Crippen molar-refractivity contribution < 1.29 is 27.5 Å². The van der Waals surface area contributed by atoms with E-state index in [1.54, 1.807) is 52.8 Å². The van der Waals surface area contributed by atoms with E-state index in [4.69, 9.17) is 4.74 Å². The lowest BCUT2D eigenvalue weighted by Gasteiger charge is -2.26. The Morgan fingerprint density at radius 1 is 0.946 bits per heavy atom. The first-order valence-corrected chi connectivity index (χ1v) is 13.9. The van der Waals surface area contributed by atoms with Crippen LogP contribution in [0.2, 0.25) is 0 Å². The molecule has 0 aliphatic rings. The van der Waals surface area contributed by atoms with E-state index < -0.39 is 51.5 Å². The molecule has 0 bridgehead atoms. The number of amides is 3. The minimum absolute atomic E-state index is 0.161. The fraction of sp³-hybridized carbons (Fsp3) is 0.577. The van der Waals surface area contributed by atoms with Gasteiger partial charge in [0.05, 0.1) is 4.90 Å². The molecule has 0 aliphatic carbocycles. The standard InChI is InChI=1S/C26H42N4O6S/c1-17(2)16-20(14-15-37(34,35)21-12-10-9-11-13-21)28-23(31)19(5)27-24(32)22(18(3)4)29-30-25(33)36-26(6,7)8/h9-15,17-20,22,29H,16H2,1-8H3,(H,27,32)(H,28,31)(H,30,33). The molecule has 3 atom stereocenters. The van der Waals surface area contributed by atoms with Gasteiger partial charge in [-0.1, -0.05) is 52.0 Å². The highest BCUT2D eigenvalue weighted by Gasteiger charge is 2.27. The third-order valence-corrected chi connectivity index (χ3v) is 6.49. The van der Waals surface area contributed by atoms with Gasteiger partial charge in [-0.15, -0.1) is 0 Å². The van der Waals surface area contributed by atoms with Crippen molar-refractivity contribution in [3.8, 4) is 0 Å². The summed E-state index contributed by atoms with van der Waals surface area (Å²) in [4.78, 5) is 37.8. The molecule has 1 rings (SSSR count). The average Bonchev–Trinajstić information content (AvgIpc) is 2.76. The van der Waals surface area contributed by atoms with Gasteiger partial charge in [-0.25, -0.2) is 18.6 Å². The summed E-state index contributed by atoms with van der Waals surface area (Å²) >= 11 is 0. The Hall–Kier alpha value is -2.92. The van der Waals surface area contributed by atoms with Gasteiger partial charge >= 0.3 is 6.09 Å². The van der Waals surface area contributed by atoms with Crippen LogP contribution in [0.15, 0.2) is 46.7 Å². The molecule has 0 spiro atoms. The second-order valence-corrected chi connectivity index (χ2v) is 12.5. The van der Waals surface area contributed by atoms with Crippen molar-refractivity contribution in [2.24, 2.45) is 11.8 Å². The van der Waals surface area contributed by atoms with Crippen LogP contribution in [-0.2, 0) is 24.2 Å². The summed E-state index contributed by atoms with van der Waals surface area (Å²) in [7, 11) is -3.67. The molecule has 0 saturated carbocycles. The zero-order valence-electron chi connectivity index (χ0n) is 23.0. The Bertz CT molecular complexity index is 1030. The Balaban J connectivity index is 2.84. The molecule has 11 heteroatoms. The van der Waals surface area contributed by atoms with Crippen molar-refractivity contribution in [1.82, 2.24) is 21.5 Å². The topological polar surface area (TPSA) is 143 Å². The van der Waals surface area contributed by atoms with Gasteiger partial charge in [-0.3, -0.25) is 15.0 Å². The zero-order valence-corrected chi connectivity index (χ0v) is 23.8. The Morgan fingerprint density at radius 2 is 1.54 bits per heavy atom. The van der Waals surface area contributed by atoms with Crippen molar-refractivity contribution in [1.29, 1.82) is 0 Å². The highest BCUT2D eigenvalue weighted by atomic mass is 32.2. The molecule has 0 heterocycles. The molecule has 1 aromatic carbocycles. The average molecular weight is 539 g/mol. The van der Waals surface area contributed by atoms with E-state index in [1.807, 2.05) is 13.8 Å². The number of ether oxygens (including phenoxy) is 1. The van der Waals surface area contributed by atoms with E-state index in [0.717, 1.165) is 5.41 Å². The smallest absolute Gasteiger partial charge is 0.422 e. The van der Waals surface area contributed by atoms with Crippen molar-refractivity contribution in [2.75, 3.05) is 0 Å². The second-order valence-electron chi connectivity index (χ2n) is 10.7. The van der Waals surface area contributed by atoms with Gasteiger partial charge in [0.1, 0.15) is 17.7 Å². The molecule has 0 radical (unpaired) electrons. The van der Waals surface area contributed by atoms with Crippen LogP contribution in [0.25, 0.3) is 0 Å². The molecule has 0 aliphatic heterocycles. The minimum atomic E-state index is -3.67. The summed E-state index contributed by atoms with van der Waals surface area (Å²) in [6.07, 6.45) is 1.23. The largest absolute Gasteiger partial charge is 0.443 e. The molecule has 3 unspecified atom stereocenters. The normalized spacial score (nSPS) is 14.8. The highest BCUT2D eigenvalue weighted by molar-refractivity contribution is 7.94. The Kier molecular flexibility index (Phi) is 12.3. The van der Waals surface area contributed by atoms with Gasteiger partial charge in [-0.2, -0.15) is 0 Å². The lowest BCUT2D eigenvalue weighted by Crippen LogP contribution is -2.58. The number of carbonyl (C=O) groups excluding carboxylic acids is 3. The number of hydrazine groups is 1. The molecule has 1 aromatic rings. The van der Waals surface area contributed by atoms with Gasteiger partial charge in [0.25, 0.3) is 0 Å². The lowest BCUT2D eigenvalue weighted by atomic mass is 10.0. The second kappa shape index (κ2) is 14.1. The van der Waals surface area contributed by atoms with Crippen LogP contribution in [0.1, 0.15) is 61.8 Å². The first-order chi connectivity index (χ1) is 17.0. The van der Waals surface area contributed by atoms with E-state index in [2.05, 4.69) is 21.5 Å². The maximum atomic E-state index is 12.9. The predicted molar refractivity (Wildman–Crippen MR) is 143 cm³/mol. The van der Waals surface area contributed by atoms with Gasteiger partial charge in [-0.05, 0) is 58.1 Å². The fourth-order valence-corrected chi connectivity index (χ4v) is 4.32. The molecule has 4 N–H and O–H groups in total. The SMILES string of the molecule is CC(C)CC(C=CS(=O)(=O)c1ccccc1)NC(=O)C(C)NC(=O)C(NNC(=O)OC(C)(C)C)C(C)C. The van der Waals surface area contributed by atoms with Crippen LogP contribution in [0.3, 0.4) is 0 Å². The Morgan fingerprint density at radius 3 is 2.05 bits per heavy atom. The first-order valence-electron chi connectivity index (χ1n) is 12.4. The molecule has 10 nitrogen and oxygen atoms in total. The van der Waals surface area contributed by atoms with Crippen LogP contribution in [0.4, 0.5) is 4.79 Å². The van der Waals surface area contributed by atoms with Crippen molar-refractivity contribution in [3.63, 3.8) is 0 Å². The number of hydrogen-bond donors (Lipinski definition) is 4. The fourth-order valence-electron chi connectivity index (χ4n) is 3.23. The molecule has 37 heavy (non-hydrogen) atoms. The third kappa shape index (κ3) is 12.2. The van der Waals surface area contributed by atoms with Gasteiger partial charge in [0.2, 0.25) is 11.8 Å². The molecular weight excluding hydrogens is 496 g/mol. The third-order valence-electron chi connectivity index (χ3n) is 5.04. The molecule has 0 saturated heterocycles. The van der Waals surface area contributed by atoms with Gasteiger partial charge < -0.3 is 15.4 Å². The Labute approximate surface area is 220 Å². The molecule has 3 amide bonds. The van der Waals surface area contributed by atoms with Gasteiger partial charge in [0.15, 0.2) is 9.84 Å². The van der Waals surface area contributed by atoms with Crippen molar-refractivity contribution in [2.45, 2.75) is 90.4 Å². The van der Waals surface area contributed by atoms with E-state index in [-0.39, 0.29) is 16.7 Å². The summed E-state index contributed by atoms with van der Waals surface area (Å²) < 4.78 is 30.4.